The maximum Gasteiger partial charge on any atom is 0.198 e. The van der Waals surface area contributed by atoms with Gasteiger partial charge in [0, 0.05) is 11.8 Å². The number of hydrogen-bond donors (Lipinski definition) is 1. The highest BCUT2D eigenvalue weighted by molar-refractivity contribution is 5.69. The number of para-hydroxylation sites is 1. The molecule has 0 bridgehead atoms. The maximum atomic E-state index is 9.84. The summed E-state index contributed by atoms with van der Waals surface area (Å²) in [5.74, 6) is 0.932. The molecule has 3 aromatic rings. The molecule has 90 valence electrons. The van der Waals surface area contributed by atoms with Gasteiger partial charge in [0.15, 0.2) is 5.88 Å². The number of aromatic hydroxyl groups is 1. The lowest BCUT2D eigenvalue weighted by Gasteiger charge is -2.01. The number of methoxy groups -OCH3 is 1. The number of rotatable bonds is 2. The predicted molar refractivity (Wildman–Crippen MR) is 68.8 cm³/mol. The first-order valence-electron chi connectivity index (χ1n) is 5.60. The Labute approximate surface area is 104 Å². The summed E-state index contributed by atoms with van der Waals surface area (Å²) in [5, 5.41) is 9.84. The Morgan fingerprint density at radius 2 is 1.94 bits per heavy atom. The van der Waals surface area contributed by atoms with Gasteiger partial charge in [0.2, 0.25) is 0 Å². The molecule has 0 aliphatic carbocycles. The smallest absolute Gasteiger partial charge is 0.198 e. The number of phenols is 1. The van der Waals surface area contributed by atoms with Gasteiger partial charge in [-0.05, 0) is 24.3 Å². The van der Waals surface area contributed by atoms with Gasteiger partial charge in [0.05, 0.1) is 12.8 Å². The van der Waals surface area contributed by atoms with Crippen LogP contribution in [0.1, 0.15) is 0 Å². The zero-order chi connectivity index (χ0) is 12.5. The fourth-order valence-corrected chi connectivity index (χ4v) is 1.97. The normalized spacial score (nSPS) is 10.7. The molecule has 0 aliphatic heterocycles. The average molecular weight is 240 g/mol. The highest BCUT2D eigenvalue weighted by Crippen LogP contribution is 2.29. The van der Waals surface area contributed by atoms with Crippen molar-refractivity contribution in [2.75, 3.05) is 7.11 Å². The van der Waals surface area contributed by atoms with Crippen LogP contribution in [0.25, 0.3) is 16.9 Å². The van der Waals surface area contributed by atoms with Crippen LogP contribution in [-0.4, -0.2) is 21.6 Å². The molecule has 0 aliphatic rings. The number of hydrogen-bond acceptors (Lipinski definition) is 3. The first-order chi connectivity index (χ1) is 8.79. The summed E-state index contributed by atoms with van der Waals surface area (Å²) >= 11 is 0. The first kappa shape index (κ1) is 10.7. The Morgan fingerprint density at radius 3 is 2.72 bits per heavy atom. The van der Waals surface area contributed by atoms with E-state index >= 15 is 0 Å². The van der Waals surface area contributed by atoms with Gasteiger partial charge in [-0.15, -0.1) is 0 Å². The molecule has 0 saturated heterocycles. The number of benzene rings is 1. The molecule has 2 aromatic heterocycles. The largest absolute Gasteiger partial charge is 0.507 e. The standard InChI is InChI=1S/C14H12N2O2/c1-18-14-8-4-7-13-15-11(9-16(13)14)10-5-2-3-6-12(10)17/h2-9,17H,1H3. The SMILES string of the molecule is COc1cccc2nc(-c3ccccc3O)cn12. The first-order valence-corrected chi connectivity index (χ1v) is 5.60. The van der Waals surface area contributed by atoms with Crippen molar-refractivity contribution >= 4 is 5.65 Å². The van der Waals surface area contributed by atoms with Crippen molar-refractivity contribution in [3.63, 3.8) is 0 Å². The van der Waals surface area contributed by atoms with Crippen molar-refractivity contribution in [1.29, 1.82) is 0 Å². The van der Waals surface area contributed by atoms with Gasteiger partial charge in [-0.1, -0.05) is 18.2 Å². The minimum absolute atomic E-state index is 0.222. The minimum Gasteiger partial charge on any atom is -0.507 e. The molecule has 0 spiro atoms. The number of fused-ring (bicyclic) bond motifs is 1. The molecule has 18 heavy (non-hydrogen) atoms. The second-order valence-corrected chi connectivity index (χ2v) is 3.94. The van der Waals surface area contributed by atoms with Gasteiger partial charge >= 0.3 is 0 Å². The molecular weight excluding hydrogens is 228 g/mol. The van der Waals surface area contributed by atoms with Crippen molar-refractivity contribution in [2.45, 2.75) is 0 Å². The lowest BCUT2D eigenvalue weighted by Crippen LogP contribution is -1.91. The third-order valence-corrected chi connectivity index (χ3v) is 2.84. The van der Waals surface area contributed by atoms with Gasteiger partial charge in [-0.3, -0.25) is 4.40 Å². The number of pyridine rings is 1. The van der Waals surface area contributed by atoms with Crippen LogP contribution in [0.15, 0.2) is 48.7 Å². The van der Waals surface area contributed by atoms with Crippen LogP contribution >= 0.6 is 0 Å². The van der Waals surface area contributed by atoms with Crippen LogP contribution in [0.5, 0.6) is 11.6 Å². The molecule has 1 aromatic carbocycles. The Hall–Kier alpha value is -2.49. The molecule has 0 fully saturated rings. The number of aromatic nitrogens is 2. The predicted octanol–water partition coefficient (Wildman–Crippen LogP) is 2.72. The zero-order valence-corrected chi connectivity index (χ0v) is 9.87. The Balaban J connectivity index is 2.23. The molecule has 0 unspecified atom stereocenters. The third kappa shape index (κ3) is 1.59. The third-order valence-electron chi connectivity index (χ3n) is 2.84. The van der Waals surface area contributed by atoms with E-state index in [2.05, 4.69) is 4.98 Å². The number of ether oxygens (including phenoxy) is 1. The molecule has 0 amide bonds. The van der Waals surface area contributed by atoms with Gasteiger partial charge in [0.25, 0.3) is 0 Å². The van der Waals surface area contributed by atoms with E-state index in [1.54, 1.807) is 19.2 Å². The van der Waals surface area contributed by atoms with Gasteiger partial charge < -0.3 is 9.84 Å². The quantitative estimate of drug-likeness (QED) is 0.749. The molecule has 0 atom stereocenters. The minimum atomic E-state index is 0.222. The van der Waals surface area contributed by atoms with Crippen molar-refractivity contribution in [3.05, 3.63) is 48.7 Å². The number of imidazole rings is 1. The van der Waals surface area contributed by atoms with Crippen LogP contribution < -0.4 is 4.74 Å². The van der Waals surface area contributed by atoms with Crippen molar-refractivity contribution in [1.82, 2.24) is 9.38 Å². The summed E-state index contributed by atoms with van der Waals surface area (Å²) in [5.41, 5.74) is 2.22. The van der Waals surface area contributed by atoms with Gasteiger partial charge in [-0.25, -0.2) is 4.98 Å². The lowest BCUT2D eigenvalue weighted by molar-refractivity contribution is 0.392. The summed E-state index contributed by atoms with van der Waals surface area (Å²) in [6.07, 6.45) is 1.85. The van der Waals surface area contributed by atoms with E-state index in [0.717, 1.165) is 11.3 Å². The van der Waals surface area contributed by atoms with Crippen molar-refractivity contribution < 1.29 is 9.84 Å². The van der Waals surface area contributed by atoms with Crippen LogP contribution in [0.4, 0.5) is 0 Å². The Bertz CT molecular complexity index is 704. The van der Waals surface area contributed by atoms with Crippen LogP contribution in [0, 0.1) is 0 Å². The molecule has 1 N–H and O–H groups in total. The summed E-state index contributed by atoms with van der Waals surface area (Å²) in [6.45, 7) is 0. The fourth-order valence-electron chi connectivity index (χ4n) is 1.97. The van der Waals surface area contributed by atoms with Crippen LogP contribution in [0.3, 0.4) is 0 Å². The fraction of sp³-hybridized carbons (Fsp3) is 0.0714. The highest BCUT2D eigenvalue weighted by atomic mass is 16.5. The Kier molecular flexibility index (Phi) is 2.41. The van der Waals surface area contributed by atoms with E-state index < -0.39 is 0 Å². The van der Waals surface area contributed by atoms with E-state index in [-0.39, 0.29) is 5.75 Å². The average Bonchev–Trinajstić information content (AvgIpc) is 2.82. The van der Waals surface area contributed by atoms with Gasteiger partial charge in [-0.2, -0.15) is 0 Å². The van der Waals surface area contributed by atoms with Crippen LogP contribution in [-0.2, 0) is 0 Å². The van der Waals surface area contributed by atoms with Gasteiger partial charge in [0.1, 0.15) is 11.4 Å². The number of nitrogens with zero attached hydrogens (tertiary/aromatic N) is 2. The second-order valence-electron chi connectivity index (χ2n) is 3.94. The molecule has 0 saturated carbocycles. The Morgan fingerprint density at radius 1 is 1.11 bits per heavy atom. The summed E-state index contributed by atoms with van der Waals surface area (Å²) in [7, 11) is 1.62. The number of phenolic OH excluding ortho intramolecular Hbond substituents is 1. The molecule has 3 rings (SSSR count). The van der Waals surface area contributed by atoms with Crippen molar-refractivity contribution in [2.24, 2.45) is 0 Å². The highest BCUT2D eigenvalue weighted by Gasteiger charge is 2.09. The van der Waals surface area contributed by atoms with E-state index in [9.17, 15) is 5.11 Å². The van der Waals surface area contributed by atoms with Crippen LogP contribution in [0.2, 0.25) is 0 Å². The maximum absolute atomic E-state index is 9.84. The van der Waals surface area contributed by atoms with Crippen molar-refractivity contribution in [3.8, 4) is 22.9 Å². The molecule has 4 heteroatoms. The second kappa shape index (κ2) is 4.07. The summed E-state index contributed by atoms with van der Waals surface area (Å²) in [6, 6.07) is 12.8. The summed E-state index contributed by atoms with van der Waals surface area (Å²) < 4.78 is 7.12. The van der Waals surface area contributed by atoms with E-state index in [4.69, 9.17) is 4.74 Å². The van der Waals surface area contributed by atoms with E-state index in [0.29, 0.717) is 11.4 Å². The monoisotopic (exact) mass is 240 g/mol. The molecule has 0 radical (unpaired) electrons. The topological polar surface area (TPSA) is 46.8 Å². The summed E-state index contributed by atoms with van der Waals surface area (Å²) in [4.78, 5) is 4.48. The lowest BCUT2D eigenvalue weighted by atomic mass is 10.1. The van der Waals surface area contributed by atoms with E-state index in [1.807, 2.05) is 40.9 Å². The van der Waals surface area contributed by atoms with E-state index in [1.165, 1.54) is 0 Å². The molecular formula is C14H12N2O2. The zero-order valence-electron chi connectivity index (χ0n) is 9.87. The molecule has 4 nitrogen and oxygen atoms in total. The molecule has 2 heterocycles.